The Morgan fingerprint density at radius 1 is 0.860 bits per heavy atom. The summed E-state index contributed by atoms with van der Waals surface area (Å²) in [5.41, 5.74) is -1.66. The predicted octanol–water partition coefficient (Wildman–Crippen LogP) is 7.36. The number of hydrogen-bond donors (Lipinski definition) is 0. The van der Waals surface area contributed by atoms with E-state index in [0.717, 1.165) is 23.3 Å². The van der Waals surface area contributed by atoms with Gasteiger partial charge in [-0.05, 0) is 71.5 Å². The van der Waals surface area contributed by atoms with Crippen molar-refractivity contribution in [2.75, 3.05) is 0 Å². The number of aromatic nitrogens is 4. The molecule has 5 atom stereocenters. The highest BCUT2D eigenvalue weighted by atomic mass is 19.4. The van der Waals surface area contributed by atoms with Crippen molar-refractivity contribution >= 4 is 0 Å². The van der Waals surface area contributed by atoms with Gasteiger partial charge in [0.25, 0.3) is 0 Å². The molecule has 0 amide bonds. The summed E-state index contributed by atoms with van der Waals surface area (Å²) in [7, 11) is 0. The van der Waals surface area contributed by atoms with E-state index in [2.05, 4.69) is 20.4 Å². The maximum absolute atomic E-state index is 13.7. The van der Waals surface area contributed by atoms with Gasteiger partial charge in [0, 0.05) is 12.6 Å². The smallest absolute Gasteiger partial charge is 0.368 e. The third kappa shape index (κ3) is 5.53. The summed E-state index contributed by atoms with van der Waals surface area (Å²) < 4.78 is 90.3. The lowest BCUT2D eigenvalue weighted by molar-refractivity contribution is -0.144. The Kier molecular flexibility index (Phi) is 7.54. The zero-order valence-corrected chi connectivity index (χ0v) is 23.1. The van der Waals surface area contributed by atoms with E-state index in [1.165, 1.54) is 6.92 Å². The largest absolute Gasteiger partial charge is 0.416 e. The first kappa shape index (κ1) is 29.3. The molecule has 3 aromatic carbocycles. The molecule has 0 N–H and O–H groups in total. The standard InChI is InChI=1S/C31H29F6N5O/c1-20(22-14-24(30(32,33)34)16-25(15-22)31(35,36)37)43-28-13-12-26-27(42-19-38-39-40-42)17-29(28,23-10-6-3-7-11-23)41(26)18-21-8-4-2-5-9-21/h2-11,14-16,19-20,26-28H,12-13,17-18H2,1H3. The first-order valence-electron chi connectivity index (χ1n) is 14.0. The molecule has 6 rings (SSSR count). The van der Waals surface area contributed by atoms with E-state index in [4.69, 9.17) is 4.74 Å². The van der Waals surface area contributed by atoms with E-state index in [-0.39, 0.29) is 23.7 Å². The van der Waals surface area contributed by atoms with Crippen LogP contribution in [0.4, 0.5) is 26.3 Å². The second-order valence-corrected chi connectivity index (χ2v) is 11.2. The lowest BCUT2D eigenvalue weighted by atomic mass is 9.78. The molecule has 12 heteroatoms. The zero-order valence-electron chi connectivity index (χ0n) is 23.1. The minimum atomic E-state index is -4.95. The number of nitrogens with zero attached hydrogens (tertiary/aromatic N) is 5. The van der Waals surface area contributed by atoms with Crippen molar-refractivity contribution in [2.24, 2.45) is 0 Å². The van der Waals surface area contributed by atoms with Gasteiger partial charge in [0.15, 0.2) is 0 Å². The Labute approximate surface area is 244 Å². The molecular formula is C31H29F6N5O. The topological polar surface area (TPSA) is 56.1 Å². The second kappa shape index (κ2) is 11.1. The van der Waals surface area contributed by atoms with Crippen LogP contribution in [-0.2, 0) is 29.2 Å². The number of halogens is 6. The molecule has 0 saturated carbocycles. The van der Waals surface area contributed by atoms with Crippen LogP contribution in [0.1, 0.15) is 66.1 Å². The number of tetrazole rings is 1. The van der Waals surface area contributed by atoms with Crippen molar-refractivity contribution in [3.63, 3.8) is 0 Å². The summed E-state index contributed by atoms with van der Waals surface area (Å²) in [6.45, 7) is 2.06. The summed E-state index contributed by atoms with van der Waals surface area (Å²) in [6.07, 6.45) is -8.20. The number of alkyl halides is 6. The van der Waals surface area contributed by atoms with Crippen LogP contribution in [0.2, 0.25) is 0 Å². The monoisotopic (exact) mass is 601 g/mol. The average molecular weight is 602 g/mol. The van der Waals surface area contributed by atoms with Gasteiger partial charge in [0.05, 0.1) is 34.9 Å². The van der Waals surface area contributed by atoms with Crippen LogP contribution >= 0.6 is 0 Å². The maximum atomic E-state index is 13.7. The van der Waals surface area contributed by atoms with Gasteiger partial charge >= 0.3 is 12.4 Å². The molecule has 43 heavy (non-hydrogen) atoms. The highest BCUT2D eigenvalue weighted by molar-refractivity contribution is 5.36. The van der Waals surface area contributed by atoms with Crippen LogP contribution in [0.5, 0.6) is 0 Å². The number of rotatable bonds is 7. The fourth-order valence-corrected chi connectivity index (χ4v) is 6.85. The molecule has 0 spiro atoms. The van der Waals surface area contributed by atoms with Crippen LogP contribution < -0.4 is 0 Å². The molecule has 2 bridgehead atoms. The minimum absolute atomic E-state index is 0.00413. The molecule has 0 aliphatic carbocycles. The van der Waals surface area contributed by atoms with Gasteiger partial charge in [-0.15, -0.1) is 5.10 Å². The Morgan fingerprint density at radius 3 is 2.07 bits per heavy atom. The quantitative estimate of drug-likeness (QED) is 0.207. The highest BCUT2D eigenvalue weighted by Gasteiger charge is 2.60. The molecule has 226 valence electrons. The third-order valence-electron chi connectivity index (χ3n) is 8.76. The lowest BCUT2D eigenvalue weighted by Gasteiger charge is -2.50. The molecular weight excluding hydrogens is 572 g/mol. The van der Waals surface area contributed by atoms with Crippen molar-refractivity contribution < 1.29 is 31.1 Å². The predicted molar refractivity (Wildman–Crippen MR) is 144 cm³/mol. The van der Waals surface area contributed by atoms with Gasteiger partial charge in [0.2, 0.25) is 0 Å². The van der Waals surface area contributed by atoms with Gasteiger partial charge in [-0.1, -0.05) is 60.7 Å². The van der Waals surface area contributed by atoms with Crippen molar-refractivity contribution in [3.8, 4) is 0 Å². The van der Waals surface area contributed by atoms with Crippen LogP contribution in [-0.4, -0.2) is 37.3 Å². The second-order valence-electron chi connectivity index (χ2n) is 11.2. The minimum Gasteiger partial charge on any atom is -0.368 e. The van der Waals surface area contributed by atoms with E-state index in [0.29, 0.717) is 25.8 Å². The van der Waals surface area contributed by atoms with Crippen LogP contribution in [0.15, 0.2) is 85.2 Å². The molecule has 1 aromatic heterocycles. The average Bonchev–Trinajstić information content (AvgIpc) is 3.58. The van der Waals surface area contributed by atoms with Gasteiger partial charge in [-0.25, -0.2) is 4.68 Å². The van der Waals surface area contributed by atoms with Crippen LogP contribution in [0.25, 0.3) is 0 Å². The fourth-order valence-electron chi connectivity index (χ4n) is 6.85. The molecule has 5 unspecified atom stereocenters. The van der Waals surface area contributed by atoms with E-state index in [1.807, 2.05) is 60.7 Å². The molecule has 4 aromatic rings. The Hall–Kier alpha value is -3.77. The molecule has 2 aliphatic rings. The van der Waals surface area contributed by atoms with E-state index in [1.54, 1.807) is 11.0 Å². The summed E-state index contributed by atoms with van der Waals surface area (Å²) >= 11 is 0. The number of piperidine rings is 1. The van der Waals surface area contributed by atoms with E-state index >= 15 is 0 Å². The zero-order chi connectivity index (χ0) is 30.4. The highest BCUT2D eigenvalue weighted by Crippen LogP contribution is 2.57. The molecule has 2 aliphatic heterocycles. The summed E-state index contributed by atoms with van der Waals surface area (Å²) in [6, 6.07) is 21.1. The van der Waals surface area contributed by atoms with E-state index < -0.39 is 41.2 Å². The van der Waals surface area contributed by atoms with E-state index in [9.17, 15) is 26.3 Å². The van der Waals surface area contributed by atoms with Gasteiger partial charge in [0.1, 0.15) is 6.33 Å². The number of ether oxygens (including phenoxy) is 1. The van der Waals surface area contributed by atoms with Gasteiger partial charge < -0.3 is 4.74 Å². The number of benzene rings is 3. The Balaban J connectivity index is 1.44. The number of hydrogen-bond acceptors (Lipinski definition) is 5. The van der Waals surface area contributed by atoms with Crippen molar-refractivity contribution in [1.29, 1.82) is 0 Å². The van der Waals surface area contributed by atoms with Gasteiger partial charge in [-0.3, -0.25) is 4.90 Å². The molecule has 2 saturated heterocycles. The van der Waals surface area contributed by atoms with Gasteiger partial charge in [-0.2, -0.15) is 26.3 Å². The first-order chi connectivity index (χ1) is 20.5. The molecule has 2 fully saturated rings. The summed E-state index contributed by atoms with van der Waals surface area (Å²) in [5, 5.41) is 11.9. The molecule has 3 heterocycles. The van der Waals surface area contributed by atoms with Crippen LogP contribution in [0.3, 0.4) is 0 Å². The normalized spacial score (nSPS) is 25.1. The summed E-state index contributed by atoms with van der Waals surface area (Å²) in [5.74, 6) is 0. The molecule has 6 nitrogen and oxygen atoms in total. The van der Waals surface area contributed by atoms with Crippen molar-refractivity contribution in [3.05, 3.63) is 113 Å². The summed E-state index contributed by atoms with van der Waals surface area (Å²) in [4.78, 5) is 2.36. The Morgan fingerprint density at radius 2 is 1.49 bits per heavy atom. The first-order valence-corrected chi connectivity index (χ1v) is 14.0. The lowest BCUT2D eigenvalue weighted by Crippen LogP contribution is -2.56. The SMILES string of the molecule is CC(OC1CCC2C(n3cnnn3)CC1(c1ccccc1)N2Cc1ccccc1)c1cc(C(F)(F)F)cc(C(F)(F)F)c1. The molecule has 0 radical (unpaired) electrons. The Bertz CT molecular complexity index is 1500. The van der Waals surface area contributed by atoms with Crippen LogP contribution in [0, 0.1) is 0 Å². The fraction of sp³-hybridized carbons (Fsp3) is 0.387. The maximum Gasteiger partial charge on any atom is 0.416 e. The number of fused-ring (bicyclic) bond motifs is 2. The van der Waals surface area contributed by atoms with Crippen molar-refractivity contribution in [1.82, 2.24) is 25.1 Å². The third-order valence-corrected chi connectivity index (χ3v) is 8.76. The van der Waals surface area contributed by atoms with Crippen molar-refractivity contribution in [2.45, 2.75) is 74.9 Å².